The van der Waals surface area contributed by atoms with Crippen molar-refractivity contribution in [2.45, 2.75) is 31.3 Å². The lowest BCUT2D eigenvalue weighted by Gasteiger charge is -2.06. The van der Waals surface area contributed by atoms with Gasteiger partial charge >= 0.3 is 0 Å². The Kier molecular flexibility index (Phi) is 4.33. The van der Waals surface area contributed by atoms with E-state index in [1.807, 2.05) is 23.9 Å². The van der Waals surface area contributed by atoms with Gasteiger partial charge in [-0.05, 0) is 36.8 Å². The van der Waals surface area contributed by atoms with Gasteiger partial charge < -0.3 is 5.11 Å². The van der Waals surface area contributed by atoms with Gasteiger partial charge in [-0.1, -0.05) is 19.1 Å². The molecule has 0 spiro atoms. The minimum atomic E-state index is -0.359. The standard InChI is InChI=1S/C11H16OS/c1-3-7-13-11-6-4-5-10(8-11)9(2)12/h4-6,8-9,12H,3,7H2,1-2H3/t9-/m1/s1. The largest absolute Gasteiger partial charge is 0.389 e. The first-order valence-electron chi connectivity index (χ1n) is 4.65. The molecule has 0 radical (unpaired) electrons. The van der Waals surface area contributed by atoms with E-state index in [1.165, 1.54) is 11.3 Å². The second-order valence-corrected chi connectivity index (χ2v) is 4.27. The zero-order valence-corrected chi connectivity index (χ0v) is 8.97. The predicted molar refractivity (Wildman–Crippen MR) is 58.1 cm³/mol. The third kappa shape index (κ3) is 3.41. The van der Waals surface area contributed by atoms with Gasteiger partial charge in [0, 0.05) is 4.90 Å². The average Bonchev–Trinajstić information content (AvgIpc) is 2.15. The van der Waals surface area contributed by atoms with Gasteiger partial charge in [0.2, 0.25) is 0 Å². The number of benzene rings is 1. The Labute approximate surface area is 84.2 Å². The van der Waals surface area contributed by atoms with E-state index in [-0.39, 0.29) is 6.10 Å². The van der Waals surface area contributed by atoms with Crippen LogP contribution in [0.5, 0.6) is 0 Å². The summed E-state index contributed by atoms with van der Waals surface area (Å²) in [4.78, 5) is 1.25. The number of hydrogen-bond acceptors (Lipinski definition) is 2. The Morgan fingerprint density at radius 3 is 2.85 bits per heavy atom. The van der Waals surface area contributed by atoms with Gasteiger partial charge in [-0.15, -0.1) is 11.8 Å². The van der Waals surface area contributed by atoms with Gasteiger partial charge in [-0.25, -0.2) is 0 Å². The lowest BCUT2D eigenvalue weighted by atomic mass is 10.1. The van der Waals surface area contributed by atoms with Crippen LogP contribution in [-0.2, 0) is 0 Å². The van der Waals surface area contributed by atoms with Crippen molar-refractivity contribution in [3.05, 3.63) is 29.8 Å². The molecular weight excluding hydrogens is 180 g/mol. The third-order valence-corrected chi connectivity index (χ3v) is 3.01. The van der Waals surface area contributed by atoms with E-state index in [0.29, 0.717) is 0 Å². The van der Waals surface area contributed by atoms with Crippen molar-refractivity contribution in [2.24, 2.45) is 0 Å². The van der Waals surface area contributed by atoms with Gasteiger partial charge in [-0.2, -0.15) is 0 Å². The molecule has 0 aliphatic heterocycles. The van der Waals surface area contributed by atoms with Crippen LogP contribution < -0.4 is 0 Å². The van der Waals surface area contributed by atoms with Crippen LogP contribution in [0.3, 0.4) is 0 Å². The van der Waals surface area contributed by atoms with E-state index >= 15 is 0 Å². The number of aliphatic hydroxyl groups excluding tert-OH is 1. The van der Waals surface area contributed by atoms with Crippen molar-refractivity contribution >= 4 is 11.8 Å². The summed E-state index contributed by atoms with van der Waals surface area (Å²) in [6, 6.07) is 8.11. The van der Waals surface area contributed by atoms with Crippen molar-refractivity contribution in [3.8, 4) is 0 Å². The summed E-state index contributed by atoms with van der Waals surface area (Å²) < 4.78 is 0. The van der Waals surface area contributed by atoms with Crippen LogP contribution in [-0.4, -0.2) is 10.9 Å². The summed E-state index contributed by atoms with van der Waals surface area (Å²) in [6.45, 7) is 3.97. The molecule has 1 rings (SSSR count). The third-order valence-electron chi connectivity index (χ3n) is 1.81. The second kappa shape index (κ2) is 5.30. The topological polar surface area (TPSA) is 20.2 Å². The van der Waals surface area contributed by atoms with E-state index in [1.54, 1.807) is 6.92 Å². The van der Waals surface area contributed by atoms with Crippen LogP contribution >= 0.6 is 11.8 Å². The molecule has 1 atom stereocenters. The number of hydrogen-bond donors (Lipinski definition) is 1. The van der Waals surface area contributed by atoms with Gasteiger partial charge in [-0.3, -0.25) is 0 Å². The molecule has 0 amide bonds. The number of thioether (sulfide) groups is 1. The minimum Gasteiger partial charge on any atom is -0.389 e. The normalized spacial score (nSPS) is 12.8. The van der Waals surface area contributed by atoms with E-state index in [9.17, 15) is 5.11 Å². The molecule has 0 saturated carbocycles. The molecule has 1 nitrogen and oxygen atoms in total. The van der Waals surface area contributed by atoms with Gasteiger partial charge in [0.1, 0.15) is 0 Å². The predicted octanol–water partition coefficient (Wildman–Crippen LogP) is 3.24. The molecular formula is C11H16OS. The molecule has 72 valence electrons. The van der Waals surface area contributed by atoms with Crippen LogP contribution in [0.15, 0.2) is 29.2 Å². The minimum absolute atomic E-state index is 0.359. The molecule has 0 aliphatic rings. The van der Waals surface area contributed by atoms with Crippen LogP contribution in [0.2, 0.25) is 0 Å². The first-order chi connectivity index (χ1) is 6.24. The van der Waals surface area contributed by atoms with Crippen molar-refractivity contribution < 1.29 is 5.11 Å². The molecule has 1 aromatic carbocycles. The first-order valence-corrected chi connectivity index (χ1v) is 5.63. The molecule has 1 N–H and O–H groups in total. The fourth-order valence-corrected chi connectivity index (χ4v) is 1.92. The molecule has 0 fully saturated rings. The number of rotatable bonds is 4. The Bertz CT molecular complexity index is 258. The molecule has 1 aromatic rings. The summed E-state index contributed by atoms with van der Waals surface area (Å²) in [5.74, 6) is 1.14. The molecule has 0 aliphatic carbocycles. The summed E-state index contributed by atoms with van der Waals surface area (Å²) in [6.07, 6.45) is 0.825. The van der Waals surface area contributed by atoms with Crippen LogP contribution in [0.25, 0.3) is 0 Å². The maximum Gasteiger partial charge on any atom is 0.0762 e. The Balaban J connectivity index is 2.68. The first kappa shape index (κ1) is 10.6. The SMILES string of the molecule is CCCSc1cccc([C@@H](C)O)c1. The van der Waals surface area contributed by atoms with Gasteiger partial charge in [0.15, 0.2) is 0 Å². The number of aliphatic hydroxyl groups is 1. The van der Waals surface area contributed by atoms with Gasteiger partial charge in [0.05, 0.1) is 6.10 Å². The lowest BCUT2D eigenvalue weighted by Crippen LogP contribution is -1.90. The molecule has 2 heteroatoms. The summed E-state index contributed by atoms with van der Waals surface area (Å²) in [5, 5.41) is 9.36. The van der Waals surface area contributed by atoms with E-state index in [2.05, 4.69) is 19.1 Å². The fourth-order valence-electron chi connectivity index (χ4n) is 1.08. The highest BCUT2D eigenvalue weighted by atomic mass is 32.2. The molecule has 0 heterocycles. The van der Waals surface area contributed by atoms with Crippen LogP contribution in [0, 0.1) is 0 Å². The summed E-state index contributed by atoms with van der Waals surface area (Å²) >= 11 is 1.84. The summed E-state index contributed by atoms with van der Waals surface area (Å²) in [5.41, 5.74) is 1.00. The molecule has 0 saturated heterocycles. The Morgan fingerprint density at radius 2 is 2.23 bits per heavy atom. The maximum absolute atomic E-state index is 9.36. The highest BCUT2D eigenvalue weighted by molar-refractivity contribution is 7.99. The zero-order valence-electron chi connectivity index (χ0n) is 8.16. The highest BCUT2D eigenvalue weighted by Crippen LogP contribution is 2.22. The van der Waals surface area contributed by atoms with E-state index < -0.39 is 0 Å². The van der Waals surface area contributed by atoms with Crippen molar-refractivity contribution in [3.63, 3.8) is 0 Å². The second-order valence-electron chi connectivity index (χ2n) is 3.10. The smallest absolute Gasteiger partial charge is 0.0762 e. The quantitative estimate of drug-likeness (QED) is 0.746. The molecule has 0 unspecified atom stereocenters. The van der Waals surface area contributed by atoms with Crippen molar-refractivity contribution in [1.29, 1.82) is 0 Å². The molecule has 13 heavy (non-hydrogen) atoms. The zero-order chi connectivity index (χ0) is 9.68. The monoisotopic (exact) mass is 196 g/mol. The van der Waals surface area contributed by atoms with Crippen molar-refractivity contribution in [1.82, 2.24) is 0 Å². The van der Waals surface area contributed by atoms with E-state index in [0.717, 1.165) is 11.3 Å². The average molecular weight is 196 g/mol. The highest BCUT2D eigenvalue weighted by Gasteiger charge is 2.00. The molecule has 0 bridgehead atoms. The fraction of sp³-hybridized carbons (Fsp3) is 0.455. The van der Waals surface area contributed by atoms with Crippen LogP contribution in [0.4, 0.5) is 0 Å². The van der Waals surface area contributed by atoms with Gasteiger partial charge in [0.25, 0.3) is 0 Å². The molecule has 0 aromatic heterocycles. The Morgan fingerprint density at radius 1 is 1.46 bits per heavy atom. The maximum atomic E-state index is 9.36. The Hall–Kier alpha value is -0.470. The summed E-state index contributed by atoms with van der Waals surface area (Å²) in [7, 11) is 0. The van der Waals surface area contributed by atoms with Crippen LogP contribution in [0.1, 0.15) is 31.9 Å². The van der Waals surface area contributed by atoms with Crippen molar-refractivity contribution in [2.75, 3.05) is 5.75 Å². The van der Waals surface area contributed by atoms with E-state index in [4.69, 9.17) is 0 Å². The lowest BCUT2D eigenvalue weighted by molar-refractivity contribution is 0.199.